The van der Waals surface area contributed by atoms with Crippen molar-refractivity contribution >= 4 is 17.2 Å². The van der Waals surface area contributed by atoms with E-state index in [1.165, 1.54) is 36.1 Å². The van der Waals surface area contributed by atoms with Gasteiger partial charge in [-0.2, -0.15) is 0 Å². The molecule has 2 atom stereocenters. The van der Waals surface area contributed by atoms with Gasteiger partial charge in [0, 0.05) is 23.4 Å². The quantitative estimate of drug-likeness (QED) is 0.413. The average Bonchev–Trinajstić information content (AvgIpc) is 3.43. The van der Waals surface area contributed by atoms with E-state index in [1.54, 1.807) is 19.1 Å². The van der Waals surface area contributed by atoms with Crippen LogP contribution in [0.4, 0.5) is 13.2 Å². The zero-order valence-electron chi connectivity index (χ0n) is 18.2. The fraction of sp³-hybridized carbons (Fsp3) is 0.217. The predicted octanol–water partition coefficient (Wildman–Crippen LogP) is 3.83. The number of benzene rings is 2. The zero-order chi connectivity index (χ0) is 24.5. The Morgan fingerprint density at radius 1 is 1.18 bits per heavy atom. The maximum atomic E-state index is 14.7. The molecule has 2 aromatic heterocycles. The Kier molecular flexibility index (Phi) is 6.49. The number of halogens is 3. The summed E-state index contributed by atoms with van der Waals surface area (Å²) in [6.45, 7) is 2.92. The number of aliphatic hydroxyl groups is 1. The van der Waals surface area contributed by atoms with E-state index in [0.717, 1.165) is 23.5 Å². The van der Waals surface area contributed by atoms with Crippen molar-refractivity contribution in [1.29, 1.82) is 0 Å². The molecule has 34 heavy (non-hydrogen) atoms. The summed E-state index contributed by atoms with van der Waals surface area (Å²) in [5, 5.41) is 22.3. The van der Waals surface area contributed by atoms with Gasteiger partial charge in [0.25, 0.3) is 5.91 Å². The zero-order valence-corrected chi connectivity index (χ0v) is 19.0. The number of aromatic nitrogens is 4. The van der Waals surface area contributed by atoms with E-state index < -0.39 is 29.2 Å². The molecule has 0 aliphatic rings. The molecule has 0 radical (unpaired) electrons. The maximum Gasteiger partial charge on any atom is 0.263 e. The lowest BCUT2D eigenvalue weighted by Crippen LogP contribution is -2.51. The third-order valence-corrected chi connectivity index (χ3v) is 6.64. The first-order valence-electron chi connectivity index (χ1n) is 10.2. The molecular formula is C23H20F3N5O2S. The molecule has 0 bridgehead atoms. The number of carbonyl (C=O) groups is 1. The van der Waals surface area contributed by atoms with Gasteiger partial charge in [0.15, 0.2) is 0 Å². The highest BCUT2D eigenvalue weighted by atomic mass is 32.1. The molecule has 1 amide bonds. The highest BCUT2D eigenvalue weighted by molar-refractivity contribution is 7.17. The van der Waals surface area contributed by atoms with Crippen LogP contribution < -0.4 is 5.32 Å². The smallest absolute Gasteiger partial charge is 0.263 e. The van der Waals surface area contributed by atoms with Gasteiger partial charge in [-0.3, -0.25) is 4.79 Å². The van der Waals surface area contributed by atoms with Crippen molar-refractivity contribution in [3.8, 4) is 10.6 Å². The van der Waals surface area contributed by atoms with Crippen molar-refractivity contribution in [2.24, 2.45) is 0 Å². The monoisotopic (exact) mass is 487 g/mol. The van der Waals surface area contributed by atoms with Crippen molar-refractivity contribution in [3.63, 3.8) is 0 Å². The average molecular weight is 488 g/mol. The summed E-state index contributed by atoms with van der Waals surface area (Å²) in [4.78, 5) is 17.8. The van der Waals surface area contributed by atoms with Crippen molar-refractivity contribution in [2.75, 3.05) is 0 Å². The van der Waals surface area contributed by atoms with Gasteiger partial charge in [0.05, 0.1) is 24.5 Å². The molecule has 0 aliphatic carbocycles. The molecule has 0 spiro atoms. The minimum atomic E-state index is -1.99. The summed E-state index contributed by atoms with van der Waals surface area (Å²) in [7, 11) is 0. The molecule has 0 saturated heterocycles. The van der Waals surface area contributed by atoms with Crippen LogP contribution in [0.3, 0.4) is 0 Å². The van der Waals surface area contributed by atoms with E-state index in [9.17, 15) is 23.1 Å². The van der Waals surface area contributed by atoms with E-state index in [1.807, 2.05) is 0 Å². The number of hydrogen-bond acceptors (Lipinski definition) is 6. The third kappa shape index (κ3) is 4.70. The SMILES string of the molecule is Cc1nc(-c2ccc(F)cc2)sc1C(=O)N[C@H](C)[C@](O)(Cn1ccnn1)c1ccc(F)cc1F. The van der Waals surface area contributed by atoms with Crippen molar-refractivity contribution in [3.05, 3.63) is 88.4 Å². The van der Waals surface area contributed by atoms with E-state index in [-0.39, 0.29) is 22.8 Å². The van der Waals surface area contributed by atoms with Crippen molar-refractivity contribution < 1.29 is 23.1 Å². The van der Waals surface area contributed by atoms with Crippen molar-refractivity contribution in [2.45, 2.75) is 32.0 Å². The molecule has 2 aromatic carbocycles. The van der Waals surface area contributed by atoms with Crippen LogP contribution in [0.1, 0.15) is 27.9 Å². The molecule has 0 fully saturated rings. The van der Waals surface area contributed by atoms with E-state index in [0.29, 0.717) is 22.3 Å². The van der Waals surface area contributed by atoms with Gasteiger partial charge in [0.1, 0.15) is 32.9 Å². The summed E-state index contributed by atoms with van der Waals surface area (Å²) >= 11 is 1.11. The molecule has 4 aromatic rings. The highest BCUT2D eigenvalue weighted by Crippen LogP contribution is 2.32. The van der Waals surface area contributed by atoms with Gasteiger partial charge in [-0.1, -0.05) is 11.3 Å². The Labute approximate surface area is 196 Å². The Morgan fingerprint density at radius 2 is 1.88 bits per heavy atom. The van der Waals surface area contributed by atoms with Crippen LogP contribution in [-0.4, -0.2) is 37.0 Å². The molecule has 0 saturated carbocycles. The number of thiazole rings is 1. The molecule has 11 heteroatoms. The van der Waals surface area contributed by atoms with Gasteiger partial charge < -0.3 is 10.4 Å². The Morgan fingerprint density at radius 3 is 2.53 bits per heavy atom. The van der Waals surface area contributed by atoms with E-state index >= 15 is 0 Å². The summed E-state index contributed by atoms with van der Waals surface area (Å²) < 4.78 is 42.7. The number of nitrogens with zero attached hydrogens (tertiary/aromatic N) is 4. The van der Waals surface area contributed by atoms with Crippen LogP contribution in [0.15, 0.2) is 54.9 Å². The van der Waals surface area contributed by atoms with Gasteiger partial charge in [-0.25, -0.2) is 22.8 Å². The first kappa shape index (κ1) is 23.6. The number of amides is 1. The Balaban J connectivity index is 1.63. The second kappa shape index (κ2) is 9.35. The summed E-state index contributed by atoms with van der Waals surface area (Å²) in [6, 6.07) is 7.53. The van der Waals surface area contributed by atoms with Gasteiger partial charge in [-0.15, -0.1) is 16.4 Å². The second-order valence-corrected chi connectivity index (χ2v) is 8.78. The summed E-state index contributed by atoms with van der Waals surface area (Å²) in [5.41, 5.74) is -1.09. The predicted molar refractivity (Wildman–Crippen MR) is 119 cm³/mol. The van der Waals surface area contributed by atoms with Crippen molar-refractivity contribution in [1.82, 2.24) is 25.3 Å². The topological polar surface area (TPSA) is 92.9 Å². The molecule has 0 unspecified atom stereocenters. The molecular weight excluding hydrogens is 467 g/mol. The minimum absolute atomic E-state index is 0.203. The van der Waals surface area contributed by atoms with Crippen LogP contribution in [0.5, 0.6) is 0 Å². The molecule has 7 nitrogen and oxygen atoms in total. The molecule has 2 N–H and O–H groups in total. The van der Waals surface area contributed by atoms with Crippen LogP contribution in [-0.2, 0) is 12.1 Å². The standard InChI is InChI=1S/C23H20F3N5O2S/c1-13-20(34-22(28-13)15-3-5-16(24)6-4-15)21(32)29-14(2)23(33,12-31-10-9-27-30-31)18-8-7-17(25)11-19(18)26/h3-11,14,33H,12H2,1-2H3,(H,29,32)/t14-,23-/m1/s1. The molecule has 0 aliphatic heterocycles. The summed E-state index contributed by atoms with van der Waals surface area (Å²) in [6.07, 6.45) is 2.87. The van der Waals surface area contributed by atoms with Crippen LogP contribution >= 0.6 is 11.3 Å². The van der Waals surface area contributed by atoms with E-state index in [2.05, 4.69) is 20.6 Å². The van der Waals surface area contributed by atoms with Crippen LogP contribution in [0, 0.1) is 24.4 Å². The number of nitrogens with one attached hydrogen (secondary N) is 1. The fourth-order valence-corrected chi connectivity index (χ4v) is 4.54. The van der Waals surface area contributed by atoms with Crippen LogP contribution in [0.2, 0.25) is 0 Å². The third-order valence-electron chi connectivity index (χ3n) is 5.43. The molecule has 2 heterocycles. The Bertz CT molecular complexity index is 1310. The number of hydrogen-bond donors (Lipinski definition) is 2. The second-order valence-electron chi connectivity index (χ2n) is 7.78. The molecule has 176 valence electrons. The number of aryl methyl sites for hydroxylation is 1. The lowest BCUT2D eigenvalue weighted by atomic mass is 9.86. The first-order chi connectivity index (χ1) is 16.2. The highest BCUT2D eigenvalue weighted by Gasteiger charge is 2.40. The van der Waals surface area contributed by atoms with Gasteiger partial charge in [-0.05, 0) is 44.2 Å². The number of rotatable bonds is 7. The largest absolute Gasteiger partial charge is 0.381 e. The van der Waals surface area contributed by atoms with Crippen LogP contribution in [0.25, 0.3) is 10.6 Å². The number of carbonyl (C=O) groups excluding carboxylic acids is 1. The normalized spacial score (nSPS) is 13.9. The van der Waals surface area contributed by atoms with Gasteiger partial charge in [0.2, 0.25) is 0 Å². The Hall–Kier alpha value is -3.57. The van der Waals surface area contributed by atoms with Gasteiger partial charge >= 0.3 is 0 Å². The summed E-state index contributed by atoms with van der Waals surface area (Å²) in [5.74, 6) is -2.68. The lowest BCUT2D eigenvalue weighted by molar-refractivity contribution is -0.0188. The first-order valence-corrected chi connectivity index (χ1v) is 11.1. The molecule has 4 rings (SSSR count). The maximum absolute atomic E-state index is 14.7. The minimum Gasteiger partial charge on any atom is -0.381 e. The lowest BCUT2D eigenvalue weighted by Gasteiger charge is -2.35. The fourth-order valence-electron chi connectivity index (χ4n) is 3.56. The van der Waals surface area contributed by atoms with E-state index in [4.69, 9.17) is 0 Å².